The van der Waals surface area contributed by atoms with Crippen molar-refractivity contribution in [3.63, 3.8) is 0 Å². The van der Waals surface area contributed by atoms with Crippen molar-refractivity contribution >= 4 is 17.4 Å². The highest BCUT2D eigenvalue weighted by Gasteiger charge is 2.21. The van der Waals surface area contributed by atoms with Crippen molar-refractivity contribution in [2.24, 2.45) is 5.73 Å². The molecule has 34 heavy (non-hydrogen) atoms. The molecular weight excluding hydrogens is 430 g/mol. The molecule has 2 aromatic rings. The molecule has 1 heterocycles. The zero-order chi connectivity index (χ0) is 23.9. The standard InChI is InChI=1S/C26H29N5O3/c1-33-23-12-11-19(15-24(23)34-2)21-13-14-28-26(31-21)29-16-17-7-9-18(10-8-17)25(32)30-22-6-4-3-5-20(22)27/h3-4,6-15,20,23-24H,5,16,27H2,1-2H3,(H,30,32)(H,28,29,31). The maximum Gasteiger partial charge on any atom is 0.255 e. The largest absolute Gasteiger partial charge is 0.374 e. The third kappa shape index (κ3) is 5.66. The molecule has 0 fully saturated rings. The number of anilines is 1. The number of nitrogens with one attached hydrogen (secondary N) is 2. The number of nitrogens with zero attached hydrogens (tertiary/aromatic N) is 2. The number of allylic oxidation sites excluding steroid dienone is 4. The van der Waals surface area contributed by atoms with Gasteiger partial charge >= 0.3 is 0 Å². The van der Waals surface area contributed by atoms with Crippen molar-refractivity contribution in [1.29, 1.82) is 0 Å². The lowest BCUT2D eigenvalue weighted by molar-refractivity contribution is 0.0144. The van der Waals surface area contributed by atoms with E-state index < -0.39 is 0 Å². The van der Waals surface area contributed by atoms with Gasteiger partial charge in [0.15, 0.2) is 0 Å². The first kappa shape index (κ1) is 23.6. The van der Waals surface area contributed by atoms with E-state index in [4.69, 9.17) is 15.2 Å². The number of nitrogens with two attached hydrogens (primary N) is 1. The predicted molar refractivity (Wildman–Crippen MR) is 132 cm³/mol. The van der Waals surface area contributed by atoms with E-state index >= 15 is 0 Å². The van der Waals surface area contributed by atoms with E-state index in [-0.39, 0.29) is 24.2 Å². The summed E-state index contributed by atoms with van der Waals surface area (Å²) in [5, 5.41) is 6.14. The first-order chi connectivity index (χ1) is 16.6. The zero-order valence-electron chi connectivity index (χ0n) is 19.3. The second-order valence-corrected chi connectivity index (χ2v) is 8.04. The molecule has 4 rings (SSSR count). The van der Waals surface area contributed by atoms with Gasteiger partial charge in [0, 0.05) is 44.3 Å². The Morgan fingerprint density at radius 1 is 1.15 bits per heavy atom. The first-order valence-electron chi connectivity index (χ1n) is 11.1. The second-order valence-electron chi connectivity index (χ2n) is 8.04. The Kier molecular flexibility index (Phi) is 7.64. The predicted octanol–water partition coefficient (Wildman–Crippen LogP) is 2.97. The molecule has 3 unspecified atom stereocenters. The van der Waals surface area contributed by atoms with Crippen LogP contribution in [-0.4, -0.2) is 48.3 Å². The number of benzene rings is 1. The maximum absolute atomic E-state index is 12.5. The highest BCUT2D eigenvalue weighted by atomic mass is 16.5. The lowest BCUT2D eigenvalue weighted by Gasteiger charge is -2.23. The van der Waals surface area contributed by atoms with Gasteiger partial charge in [0.25, 0.3) is 5.91 Å². The third-order valence-corrected chi connectivity index (χ3v) is 5.75. The SMILES string of the molecule is COC1C=CC(c2ccnc(NCc3ccc(C(=O)NC4=CC=CCC4N)cc3)n2)=CC1OC. The van der Waals surface area contributed by atoms with Crippen molar-refractivity contribution in [1.82, 2.24) is 15.3 Å². The molecule has 8 heteroatoms. The molecule has 0 radical (unpaired) electrons. The Morgan fingerprint density at radius 2 is 1.94 bits per heavy atom. The van der Waals surface area contributed by atoms with Crippen LogP contribution in [0.1, 0.15) is 28.0 Å². The molecule has 0 aliphatic heterocycles. The number of hydrogen-bond acceptors (Lipinski definition) is 7. The van der Waals surface area contributed by atoms with E-state index in [0.29, 0.717) is 24.5 Å². The summed E-state index contributed by atoms with van der Waals surface area (Å²) in [6.45, 7) is 0.521. The van der Waals surface area contributed by atoms with E-state index in [1.165, 1.54) is 0 Å². The number of aromatic nitrogens is 2. The van der Waals surface area contributed by atoms with E-state index in [9.17, 15) is 4.79 Å². The minimum Gasteiger partial charge on any atom is -0.374 e. The molecule has 0 spiro atoms. The zero-order valence-corrected chi connectivity index (χ0v) is 19.3. The molecule has 8 nitrogen and oxygen atoms in total. The van der Waals surface area contributed by atoms with Crippen molar-refractivity contribution in [2.45, 2.75) is 31.2 Å². The highest BCUT2D eigenvalue weighted by Crippen LogP contribution is 2.23. The molecule has 2 aliphatic rings. The van der Waals surface area contributed by atoms with Gasteiger partial charge in [0.2, 0.25) is 5.95 Å². The summed E-state index contributed by atoms with van der Waals surface area (Å²) in [7, 11) is 3.32. The summed E-state index contributed by atoms with van der Waals surface area (Å²) in [4.78, 5) is 21.5. The molecule has 1 aromatic carbocycles. The highest BCUT2D eigenvalue weighted by molar-refractivity contribution is 5.95. The Bertz CT molecular complexity index is 1140. The molecule has 0 bridgehead atoms. The number of ether oxygens (including phenoxy) is 2. The average molecular weight is 460 g/mol. The summed E-state index contributed by atoms with van der Waals surface area (Å²) in [6, 6.07) is 9.07. The van der Waals surface area contributed by atoms with E-state index in [1.807, 2.05) is 54.7 Å². The number of hydrogen-bond donors (Lipinski definition) is 3. The lowest BCUT2D eigenvalue weighted by atomic mass is 10.00. The molecule has 1 aromatic heterocycles. The molecule has 4 N–H and O–H groups in total. The van der Waals surface area contributed by atoms with Crippen LogP contribution in [0.25, 0.3) is 5.57 Å². The molecular formula is C26H29N5O3. The monoisotopic (exact) mass is 459 g/mol. The first-order valence-corrected chi connectivity index (χ1v) is 11.1. The quantitative estimate of drug-likeness (QED) is 0.556. The molecule has 1 amide bonds. The maximum atomic E-state index is 12.5. The Hall–Kier alpha value is -3.59. The fourth-order valence-electron chi connectivity index (χ4n) is 3.77. The van der Waals surface area contributed by atoms with Crippen molar-refractivity contribution < 1.29 is 14.3 Å². The second kappa shape index (κ2) is 11.0. The number of carbonyl (C=O) groups excluding carboxylic acids is 1. The molecule has 2 aliphatic carbocycles. The lowest BCUT2D eigenvalue weighted by Crippen LogP contribution is -2.35. The van der Waals surface area contributed by atoms with Gasteiger partial charge in [-0.1, -0.05) is 36.4 Å². The Morgan fingerprint density at radius 3 is 2.68 bits per heavy atom. The summed E-state index contributed by atoms with van der Waals surface area (Å²) in [6.07, 6.45) is 13.8. The number of amides is 1. The normalized spacial score (nSPS) is 21.6. The van der Waals surface area contributed by atoms with Crippen LogP contribution < -0.4 is 16.4 Å². The fraction of sp³-hybridized carbons (Fsp3) is 0.269. The van der Waals surface area contributed by atoms with Crippen LogP contribution in [0.5, 0.6) is 0 Å². The van der Waals surface area contributed by atoms with E-state index in [2.05, 4.69) is 20.6 Å². The van der Waals surface area contributed by atoms with Crippen LogP contribution in [0, 0.1) is 0 Å². The van der Waals surface area contributed by atoms with E-state index in [1.54, 1.807) is 32.5 Å². The molecule has 0 saturated heterocycles. The third-order valence-electron chi connectivity index (χ3n) is 5.75. The van der Waals surface area contributed by atoms with Gasteiger partial charge in [0.05, 0.1) is 5.69 Å². The fourth-order valence-corrected chi connectivity index (χ4v) is 3.77. The Balaban J connectivity index is 1.36. The van der Waals surface area contributed by atoms with Crippen LogP contribution in [0.3, 0.4) is 0 Å². The van der Waals surface area contributed by atoms with Crippen molar-refractivity contribution in [3.8, 4) is 0 Å². The Labute approximate surface area is 199 Å². The topological polar surface area (TPSA) is 111 Å². The van der Waals surface area contributed by atoms with Crippen LogP contribution in [-0.2, 0) is 16.0 Å². The summed E-state index contributed by atoms with van der Waals surface area (Å²) in [5.41, 5.74) is 10.1. The van der Waals surface area contributed by atoms with Gasteiger partial charge in [0.1, 0.15) is 12.2 Å². The van der Waals surface area contributed by atoms with Gasteiger partial charge in [-0.2, -0.15) is 0 Å². The summed E-state index contributed by atoms with van der Waals surface area (Å²) in [5.74, 6) is 0.342. The van der Waals surface area contributed by atoms with Gasteiger partial charge in [-0.05, 0) is 47.9 Å². The van der Waals surface area contributed by atoms with Crippen LogP contribution in [0.2, 0.25) is 0 Å². The smallest absolute Gasteiger partial charge is 0.255 e. The van der Waals surface area contributed by atoms with Gasteiger partial charge in [-0.3, -0.25) is 4.79 Å². The van der Waals surface area contributed by atoms with Gasteiger partial charge in [-0.25, -0.2) is 9.97 Å². The minimum absolute atomic E-state index is 0.119. The number of carbonyl (C=O) groups is 1. The number of methoxy groups -OCH3 is 2. The van der Waals surface area contributed by atoms with Crippen LogP contribution in [0.4, 0.5) is 5.95 Å². The van der Waals surface area contributed by atoms with Crippen molar-refractivity contribution in [2.75, 3.05) is 19.5 Å². The number of rotatable bonds is 8. The summed E-state index contributed by atoms with van der Waals surface area (Å²) >= 11 is 0. The van der Waals surface area contributed by atoms with Crippen LogP contribution >= 0.6 is 0 Å². The minimum atomic E-state index is -0.185. The molecule has 176 valence electrons. The van der Waals surface area contributed by atoms with Crippen molar-refractivity contribution in [3.05, 3.63) is 95.5 Å². The summed E-state index contributed by atoms with van der Waals surface area (Å²) < 4.78 is 10.9. The molecule has 0 saturated carbocycles. The average Bonchev–Trinajstić information content (AvgIpc) is 2.88. The van der Waals surface area contributed by atoms with E-state index in [0.717, 1.165) is 22.5 Å². The van der Waals surface area contributed by atoms with Crippen LogP contribution in [0.15, 0.2) is 78.7 Å². The van der Waals surface area contributed by atoms with Gasteiger partial charge in [-0.15, -0.1) is 0 Å². The van der Waals surface area contributed by atoms with Gasteiger partial charge < -0.3 is 25.8 Å². The molecule has 3 atom stereocenters.